The highest BCUT2D eigenvalue weighted by molar-refractivity contribution is 7.90. The third-order valence-electron chi connectivity index (χ3n) is 5.02. The van der Waals surface area contributed by atoms with Gasteiger partial charge in [-0.15, -0.1) is 0 Å². The highest BCUT2D eigenvalue weighted by Gasteiger charge is 2.48. The Morgan fingerprint density at radius 1 is 1.44 bits per heavy atom. The fourth-order valence-electron chi connectivity index (χ4n) is 3.36. The van der Waals surface area contributed by atoms with Crippen molar-refractivity contribution >= 4 is 30.3 Å². The van der Waals surface area contributed by atoms with Crippen LogP contribution in [0.1, 0.15) is 6.42 Å². The topological polar surface area (TPSA) is 105 Å². The van der Waals surface area contributed by atoms with Gasteiger partial charge in [-0.05, 0) is 15.5 Å². The first-order valence-corrected chi connectivity index (χ1v) is 10.6. The molecule has 140 valence electrons. The third-order valence-corrected chi connectivity index (χ3v) is 7.33. The molecule has 4 heterocycles. The van der Waals surface area contributed by atoms with Gasteiger partial charge in [0, 0.05) is 49.7 Å². The second-order valence-electron chi connectivity index (χ2n) is 6.66. The van der Waals surface area contributed by atoms with Crippen LogP contribution in [0.5, 0.6) is 0 Å². The summed E-state index contributed by atoms with van der Waals surface area (Å²) in [6.45, 7) is 0.936. The SMILES string of the molecule is CN=S(C)(=O)N1CC(CC#N)(n2cc(-c3ncnc4c3ccn4P)cn2)C1. The van der Waals surface area contributed by atoms with Gasteiger partial charge in [0.2, 0.25) is 0 Å². The monoisotopic (exact) mass is 402 g/mol. The van der Waals surface area contributed by atoms with Crippen molar-refractivity contribution in [3.05, 3.63) is 31.0 Å². The fourth-order valence-corrected chi connectivity index (χ4v) is 4.84. The first-order chi connectivity index (χ1) is 12.9. The van der Waals surface area contributed by atoms with Crippen LogP contribution in [0.4, 0.5) is 0 Å². The van der Waals surface area contributed by atoms with E-state index in [9.17, 15) is 9.47 Å². The molecule has 0 N–H and O–H groups in total. The van der Waals surface area contributed by atoms with Gasteiger partial charge in [0.15, 0.2) is 0 Å². The van der Waals surface area contributed by atoms with Crippen LogP contribution in [0.2, 0.25) is 0 Å². The van der Waals surface area contributed by atoms with Crippen molar-refractivity contribution in [3.63, 3.8) is 0 Å². The maximum Gasteiger partial charge on any atom is 0.146 e. The molecule has 0 aliphatic carbocycles. The Hall–Kier alpha value is -2.34. The van der Waals surface area contributed by atoms with Gasteiger partial charge in [0.05, 0.1) is 24.4 Å². The standard InChI is InChI=1S/C16H19N8OPS/c1-18-27(2,25)22-9-16(10-22,4-5-17)24-8-12(7-21-24)14-13-3-6-23(26)15(13)20-11-19-14/h3,6-8,11H,4,9-10,26H2,1-2H3. The smallest absolute Gasteiger partial charge is 0.146 e. The summed E-state index contributed by atoms with van der Waals surface area (Å²) in [6.07, 6.45) is 8.98. The first-order valence-electron chi connectivity index (χ1n) is 8.25. The van der Waals surface area contributed by atoms with Crippen LogP contribution < -0.4 is 0 Å². The minimum atomic E-state index is -2.40. The Bertz CT molecular complexity index is 1180. The van der Waals surface area contributed by atoms with Crippen molar-refractivity contribution in [1.29, 1.82) is 5.26 Å². The molecule has 1 saturated heterocycles. The zero-order valence-corrected chi connectivity index (χ0v) is 17.0. The normalized spacial score (nSPS) is 18.6. The molecule has 0 aromatic carbocycles. The summed E-state index contributed by atoms with van der Waals surface area (Å²) < 4.78 is 21.9. The van der Waals surface area contributed by atoms with Gasteiger partial charge >= 0.3 is 0 Å². The molecule has 0 radical (unpaired) electrons. The minimum absolute atomic E-state index is 0.283. The zero-order chi connectivity index (χ0) is 19.2. The molecule has 3 aromatic heterocycles. The van der Waals surface area contributed by atoms with Gasteiger partial charge in [0.1, 0.15) is 27.4 Å². The highest BCUT2D eigenvalue weighted by Crippen LogP contribution is 2.36. The highest BCUT2D eigenvalue weighted by atomic mass is 32.2. The van der Waals surface area contributed by atoms with Gasteiger partial charge in [-0.1, -0.05) is 0 Å². The molecule has 1 fully saturated rings. The van der Waals surface area contributed by atoms with E-state index in [1.54, 1.807) is 28.5 Å². The van der Waals surface area contributed by atoms with Crippen LogP contribution in [-0.2, 0) is 15.5 Å². The average molecular weight is 402 g/mol. The van der Waals surface area contributed by atoms with Gasteiger partial charge in [0.25, 0.3) is 0 Å². The van der Waals surface area contributed by atoms with Crippen molar-refractivity contribution in [3.8, 4) is 17.3 Å². The van der Waals surface area contributed by atoms with Crippen LogP contribution >= 0.6 is 9.39 Å². The molecule has 0 spiro atoms. The molecule has 1 aliphatic rings. The number of hydrogen-bond donors (Lipinski definition) is 0. The van der Waals surface area contributed by atoms with Crippen LogP contribution in [0, 0.1) is 11.3 Å². The van der Waals surface area contributed by atoms with Crippen LogP contribution in [0.3, 0.4) is 0 Å². The first kappa shape index (κ1) is 18.0. The molecule has 11 heteroatoms. The molecule has 1 aliphatic heterocycles. The second-order valence-corrected chi connectivity index (χ2v) is 9.62. The number of hydrogen-bond acceptors (Lipinski definition) is 6. The molecule has 27 heavy (non-hydrogen) atoms. The van der Waals surface area contributed by atoms with E-state index in [1.807, 2.05) is 22.8 Å². The summed E-state index contributed by atoms with van der Waals surface area (Å²) in [5.74, 6) is 0. The summed E-state index contributed by atoms with van der Waals surface area (Å²) in [5, 5.41) is 14.7. The summed E-state index contributed by atoms with van der Waals surface area (Å²) in [5.41, 5.74) is 1.95. The van der Waals surface area contributed by atoms with Gasteiger partial charge < -0.3 is 4.34 Å². The second kappa shape index (κ2) is 6.37. The van der Waals surface area contributed by atoms with Crippen LogP contribution in [0.15, 0.2) is 35.3 Å². The van der Waals surface area contributed by atoms with E-state index >= 15 is 0 Å². The third kappa shape index (κ3) is 2.83. The maximum absolute atomic E-state index is 12.5. The molecular formula is C16H19N8OPS. The summed E-state index contributed by atoms with van der Waals surface area (Å²) in [6, 6.07) is 4.20. The largest absolute Gasteiger partial charge is 0.317 e. The predicted molar refractivity (Wildman–Crippen MR) is 106 cm³/mol. The van der Waals surface area contributed by atoms with E-state index in [4.69, 9.17) is 0 Å². The number of nitrogens with zero attached hydrogens (tertiary/aromatic N) is 8. The van der Waals surface area contributed by atoms with Gasteiger partial charge in [-0.2, -0.15) is 10.4 Å². The number of fused-ring (bicyclic) bond motifs is 1. The molecule has 2 atom stereocenters. The van der Waals surface area contributed by atoms with Crippen molar-refractivity contribution in [2.45, 2.75) is 12.0 Å². The Balaban J connectivity index is 1.71. The lowest BCUT2D eigenvalue weighted by atomic mass is 9.89. The molecule has 0 bridgehead atoms. The van der Waals surface area contributed by atoms with Crippen molar-refractivity contribution in [2.24, 2.45) is 4.36 Å². The van der Waals surface area contributed by atoms with E-state index in [0.717, 1.165) is 22.3 Å². The average Bonchev–Trinajstić information content (AvgIpc) is 3.25. The number of nitriles is 1. The molecule has 0 amide bonds. The molecular weight excluding hydrogens is 383 g/mol. The lowest BCUT2D eigenvalue weighted by molar-refractivity contribution is 0.0754. The summed E-state index contributed by atoms with van der Waals surface area (Å²) >= 11 is 0. The Morgan fingerprint density at radius 3 is 2.93 bits per heavy atom. The summed E-state index contributed by atoms with van der Waals surface area (Å²) in [4.78, 5) is 8.72. The molecule has 0 saturated carbocycles. The van der Waals surface area contributed by atoms with Crippen molar-refractivity contribution in [2.75, 3.05) is 26.4 Å². The minimum Gasteiger partial charge on any atom is -0.317 e. The molecule has 4 rings (SSSR count). The quantitative estimate of drug-likeness (QED) is 0.615. The lowest BCUT2D eigenvalue weighted by Gasteiger charge is -2.48. The lowest BCUT2D eigenvalue weighted by Crippen LogP contribution is -2.63. The Morgan fingerprint density at radius 2 is 2.22 bits per heavy atom. The van der Waals surface area contributed by atoms with Crippen LogP contribution in [-0.4, -0.2) is 59.0 Å². The van der Waals surface area contributed by atoms with Crippen molar-refractivity contribution in [1.82, 2.24) is 28.4 Å². The van der Waals surface area contributed by atoms with E-state index in [2.05, 4.69) is 34.9 Å². The van der Waals surface area contributed by atoms with E-state index in [1.165, 1.54) is 6.33 Å². The van der Waals surface area contributed by atoms with Crippen molar-refractivity contribution < 1.29 is 4.21 Å². The Labute approximate surface area is 159 Å². The van der Waals surface area contributed by atoms with E-state index < -0.39 is 15.5 Å². The molecule has 2 unspecified atom stereocenters. The number of rotatable bonds is 4. The van der Waals surface area contributed by atoms with Gasteiger partial charge in [-0.25, -0.2) is 22.8 Å². The molecule has 9 nitrogen and oxygen atoms in total. The van der Waals surface area contributed by atoms with Gasteiger partial charge in [-0.3, -0.25) is 4.68 Å². The zero-order valence-electron chi connectivity index (χ0n) is 15.0. The maximum atomic E-state index is 12.5. The van der Waals surface area contributed by atoms with Crippen LogP contribution in [0.25, 0.3) is 22.3 Å². The predicted octanol–water partition coefficient (Wildman–Crippen LogP) is 1.50. The Kier molecular flexibility index (Phi) is 4.26. The molecule has 3 aromatic rings. The van der Waals surface area contributed by atoms with E-state index in [-0.39, 0.29) is 6.42 Å². The number of aromatic nitrogens is 5. The summed E-state index contributed by atoms with van der Waals surface area (Å²) in [7, 11) is 1.75. The fraction of sp³-hybridized carbons (Fsp3) is 0.375. The van der Waals surface area contributed by atoms with E-state index in [0.29, 0.717) is 13.1 Å².